The van der Waals surface area contributed by atoms with E-state index in [4.69, 9.17) is 23.7 Å². The molecule has 0 amide bonds. The van der Waals surface area contributed by atoms with Gasteiger partial charge in [-0.2, -0.15) is 0 Å². The van der Waals surface area contributed by atoms with Crippen LogP contribution in [0.4, 0.5) is 0 Å². The Morgan fingerprint density at radius 2 is 1.20 bits per heavy atom. The third-order valence-corrected chi connectivity index (χ3v) is 6.39. The summed E-state index contributed by atoms with van der Waals surface area (Å²) in [6.07, 6.45) is 3.26. The van der Waals surface area contributed by atoms with Crippen LogP contribution in [0.25, 0.3) is 0 Å². The van der Waals surface area contributed by atoms with Gasteiger partial charge in [-0.1, -0.05) is 91.0 Å². The Morgan fingerprint density at radius 3 is 1.80 bits per heavy atom. The summed E-state index contributed by atoms with van der Waals surface area (Å²) in [5, 5.41) is 0. The molecule has 0 bridgehead atoms. The van der Waals surface area contributed by atoms with Gasteiger partial charge in [0.2, 0.25) is 0 Å². The fourth-order valence-electron chi connectivity index (χ4n) is 4.61. The molecule has 1 saturated heterocycles. The summed E-state index contributed by atoms with van der Waals surface area (Å²) >= 11 is 0. The number of ether oxygens (including phenoxy) is 5. The average molecular weight is 473 g/mol. The van der Waals surface area contributed by atoms with E-state index in [9.17, 15) is 0 Å². The van der Waals surface area contributed by atoms with Gasteiger partial charge in [-0.25, -0.2) is 0 Å². The van der Waals surface area contributed by atoms with Crippen molar-refractivity contribution >= 4 is 0 Å². The van der Waals surface area contributed by atoms with Gasteiger partial charge in [0, 0.05) is 0 Å². The van der Waals surface area contributed by atoms with Gasteiger partial charge in [0.05, 0.1) is 32.7 Å². The fraction of sp³-hybridized carbons (Fsp3) is 0.333. The van der Waals surface area contributed by atoms with Gasteiger partial charge in [-0.05, 0) is 29.2 Å². The third-order valence-electron chi connectivity index (χ3n) is 6.39. The predicted molar refractivity (Wildman–Crippen MR) is 133 cm³/mol. The second-order valence-electron chi connectivity index (χ2n) is 8.94. The predicted octanol–water partition coefficient (Wildman–Crippen LogP) is 5.44. The Kier molecular flexibility index (Phi) is 8.24. The summed E-state index contributed by atoms with van der Waals surface area (Å²) < 4.78 is 31.7. The molecule has 5 heteroatoms. The minimum atomic E-state index is -0.345. The van der Waals surface area contributed by atoms with Crippen LogP contribution in [-0.4, -0.2) is 37.1 Å². The second kappa shape index (κ2) is 12.1. The minimum Gasteiger partial charge on any atom is -0.493 e. The van der Waals surface area contributed by atoms with Crippen molar-refractivity contribution < 1.29 is 23.7 Å². The van der Waals surface area contributed by atoms with Gasteiger partial charge in [0.15, 0.2) is 6.10 Å². The van der Waals surface area contributed by atoms with Gasteiger partial charge in [-0.15, -0.1) is 0 Å². The molecule has 3 aromatic rings. The number of hydrogen-bond acceptors (Lipinski definition) is 5. The van der Waals surface area contributed by atoms with Crippen molar-refractivity contribution in [3.63, 3.8) is 0 Å². The molecular weight excluding hydrogens is 440 g/mol. The lowest BCUT2D eigenvalue weighted by molar-refractivity contribution is -0.264. The van der Waals surface area contributed by atoms with Crippen molar-refractivity contribution in [3.05, 3.63) is 120 Å². The summed E-state index contributed by atoms with van der Waals surface area (Å²) in [6, 6.07) is 30.5. The van der Waals surface area contributed by atoms with Crippen LogP contribution in [0.3, 0.4) is 0 Å². The first-order valence-corrected chi connectivity index (χ1v) is 12.3. The summed E-state index contributed by atoms with van der Waals surface area (Å²) in [6.45, 7) is 1.87. The zero-order valence-corrected chi connectivity index (χ0v) is 19.8. The van der Waals surface area contributed by atoms with Crippen molar-refractivity contribution in [1.29, 1.82) is 0 Å². The third kappa shape index (κ3) is 6.38. The topological polar surface area (TPSA) is 46.2 Å². The first-order valence-electron chi connectivity index (χ1n) is 12.3. The van der Waals surface area contributed by atoms with E-state index in [1.807, 2.05) is 60.7 Å². The van der Waals surface area contributed by atoms with E-state index < -0.39 is 0 Å². The molecule has 2 aliphatic heterocycles. The van der Waals surface area contributed by atoms with Gasteiger partial charge < -0.3 is 23.7 Å². The van der Waals surface area contributed by atoms with E-state index in [0.29, 0.717) is 26.4 Å². The van der Waals surface area contributed by atoms with Crippen LogP contribution in [0.15, 0.2) is 103 Å². The van der Waals surface area contributed by atoms with Gasteiger partial charge in [-0.3, -0.25) is 0 Å². The molecule has 0 spiro atoms. The zero-order chi connectivity index (χ0) is 23.7. The summed E-state index contributed by atoms with van der Waals surface area (Å²) in [4.78, 5) is 0. The Balaban J connectivity index is 1.33. The van der Waals surface area contributed by atoms with Crippen LogP contribution >= 0.6 is 0 Å². The molecule has 1 fully saturated rings. The molecular formula is C30H32O5. The number of hydrogen-bond donors (Lipinski definition) is 0. The van der Waals surface area contributed by atoms with Gasteiger partial charge in [0.25, 0.3) is 0 Å². The molecule has 5 atom stereocenters. The van der Waals surface area contributed by atoms with Crippen molar-refractivity contribution in [2.45, 2.75) is 56.8 Å². The lowest BCUT2D eigenvalue weighted by Gasteiger charge is -2.46. The number of benzene rings is 3. The van der Waals surface area contributed by atoms with Crippen LogP contribution in [0, 0.1) is 0 Å². The van der Waals surface area contributed by atoms with E-state index >= 15 is 0 Å². The maximum absolute atomic E-state index is 6.51. The highest BCUT2D eigenvalue weighted by molar-refractivity contribution is 5.15. The fourth-order valence-corrected chi connectivity index (χ4v) is 4.61. The molecule has 0 saturated carbocycles. The normalized spacial score (nSPS) is 25.5. The minimum absolute atomic E-state index is 0.109. The maximum atomic E-state index is 6.51. The van der Waals surface area contributed by atoms with E-state index in [1.165, 1.54) is 0 Å². The highest BCUT2D eigenvalue weighted by Gasteiger charge is 2.49. The monoisotopic (exact) mass is 472 g/mol. The number of rotatable bonds is 10. The molecule has 5 rings (SSSR count). The molecule has 0 aromatic heterocycles. The van der Waals surface area contributed by atoms with Crippen LogP contribution < -0.4 is 0 Å². The van der Waals surface area contributed by atoms with Crippen molar-refractivity contribution in [3.8, 4) is 0 Å². The summed E-state index contributed by atoms with van der Waals surface area (Å²) in [7, 11) is 0. The van der Waals surface area contributed by atoms with Crippen LogP contribution in [0.2, 0.25) is 0 Å². The maximum Gasteiger partial charge on any atom is 0.153 e. The van der Waals surface area contributed by atoms with Crippen molar-refractivity contribution in [2.75, 3.05) is 6.61 Å². The second-order valence-corrected chi connectivity index (χ2v) is 8.94. The summed E-state index contributed by atoms with van der Waals surface area (Å²) in [5.41, 5.74) is 3.34. The molecule has 0 aliphatic carbocycles. The molecule has 2 aliphatic rings. The largest absolute Gasteiger partial charge is 0.493 e. The van der Waals surface area contributed by atoms with E-state index in [2.05, 4.69) is 36.4 Å². The standard InChI is InChI=1S/C30H32O5/c1-4-11-23(12-5-1)19-31-22-27-29(33-20-24-13-6-2-7-14-24)30(28-26(35-27)17-10-18-32-28)34-21-25-15-8-3-9-16-25/h1-16,18,26-30H,17,19-22H2/t26?,27-,28?,29-,30-/m1/s1. The first kappa shape index (κ1) is 23.8. The SMILES string of the molecule is C1=COC2C(C1)O[C@H](COCc1ccccc1)[C@@H](OCc1ccccc1)[C@@H]2OCc1ccccc1. The van der Waals surface area contributed by atoms with Crippen LogP contribution in [0.5, 0.6) is 0 Å². The molecule has 2 heterocycles. The van der Waals surface area contributed by atoms with E-state index in [0.717, 1.165) is 23.1 Å². The molecule has 182 valence electrons. The average Bonchev–Trinajstić information content (AvgIpc) is 2.92. The van der Waals surface area contributed by atoms with E-state index in [-0.39, 0.29) is 30.5 Å². The molecule has 3 aromatic carbocycles. The lowest BCUT2D eigenvalue weighted by atomic mass is 9.91. The molecule has 5 nitrogen and oxygen atoms in total. The highest BCUT2D eigenvalue weighted by atomic mass is 16.6. The quantitative estimate of drug-likeness (QED) is 0.393. The summed E-state index contributed by atoms with van der Waals surface area (Å²) in [5.74, 6) is 0. The molecule has 0 N–H and O–H groups in total. The van der Waals surface area contributed by atoms with E-state index in [1.54, 1.807) is 6.26 Å². The highest BCUT2D eigenvalue weighted by Crippen LogP contribution is 2.33. The van der Waals surface area contributed by atoms with Crippen LogP contribution in [0.1, 0.15) is 23.1 Å². The molecule has 0 radical (unpaired) electrons. The van der Waals surface area contributed by atoms with Crippen LogP contribution in [-0.2, 0) is 43.5 Å². The molecule has 2 unspecified atom stereocenters. The first-order chi connectivity index (χ1) is 17.4. The van der Waals surface area contributed by atoms with Gasteiger partial charge in [0.1, 0.15) is 24.4 Å². The Morgan fingerprint density at radius 1 is 0.657 bits per heavy atom. The van der Waals surface area contributed by atoms with Gasteiger partial charge >= 0.3 is 0 Å². The Labute approximate surface area is 207 Å². The molecule has 35 heavy (non-hydrogen) atoms. The van der Waals surface area contributed by atoms with Crippen molar-refractivity contribution in [2.24, 2.45) is 0 Å². The van der Waals surface area contributed by atoms with Crippen molar-refractivity contribution in [1.82, 2.24) is 0 Å². The number of fused-ring (bicyclic) bond motifs is 1. The zero-order valence-electron chi connectivity index (χ0n) is 19.8. The lowest BCUT2D eigenvalue weighted by Crippen LogP contribution is -2.61. The Bertz CT molecular complexity index is 1040. The smallest absolute Gasteiger partial charge is 0.153 e. The Hall–Kier alpha value is -2.96.